The summed E-state index contributed by atoms with van der Waals surface area (Å²) in [4.78, 5) is 0. The minimum Gasteiger partial charge on any atom is -0.507 e. The zero-order valence-corrected chi connectivity index (χ0v) is 11.3. The molecule has 0 unspecified atom stereocenters. The van der Waals surface area contributed by atoms with Crippen molar-refractivity contribution >= 4 is 27.5 Å². The molecular formula is C13H6BrClFNO. The molecule has 0 atom stereocenters. The van der Waals surface area contributed by atoms with Crippen molar-refractivity contribution in [3.8, 4) is 22.9 Å². The van der Waals surface area contributed by atoms with E-state index in [1.165, 1.54) is 18.2 Å². The van der Waals surface area contributed by atoms with Crippen LogP contribution >= 0.6 is 27.5 Å². The SMILES string of the molecule is N#Cc1cc(-c2ccc(Br)c(Cl)c2F)ccc1O. The molecule has 0 aliphatic rings. The number of halogens is 3. The fourth-order valence-electron chi connectivity index (χ4n) is 1.54. The van der Waals surface area contributed by atoms with E-state index in [0.29, 0.717) is 10.0 Å². The molecule has 0 radical (unpaired) electrons. The Labute approximate surface area is 116 Å². The predicted octanol–water partition coefficient (Wildman–Crippen LogP) is 4.49. The van der Waals surface area contributed by atoms with Crippen LogP contribution in [0.15, 0.2) is 34.8 Å². The Morgan fingerprint density at radius 2 is 2.00 bits per heavy atom. The lowest BCUT2D eigenvalue weighted by atomic mass is 10.0. The third-order valence-corrected chi connectivity index (χ3v) is 3.72. The van der Waals surface area contributed by atoms with Crippen molar-refractivity contribution in [3.63, 3.8) is 0 Å². The zero-order chi connectivity index (χ0) is 13.3. The van der Waals surface area contributed by atoms with E-state index in [4.69, 9.17) is 16.9 Å². The molecule has 2 aromatic rings. The minimum atomic E-state index is -0.569. The molecule has 0 heterocycles. The van der Waals surface area contributed by atoms with E-state index in [9.17, 15) is 9.50 Å². The number of aromatic hydroxyl groups is 1. The summed E-state index contributed by atoms with van der Waals surface area (Å²) in [5.41, 5.74) is 0.849. The second-order valence-corrected chi connectivity index (χ2v) is 4.80. The summed E-state index contributed by atoms with van der Waals surface area (Å²) >= 11 is 8.93. The van der Waals surface area contributed by atoms with Gasteiger partial charge in [-0.05, 0) is 39.7 Å². The molecule has 2 aromatic carbocycles. The van der Waals surface area contributed by atoms with Crippen molar-refractivity contribution in [2.24, 2.45) is 0 Å². The normalized spacial score (nSPS) is 10.1. The molecule has 2 nitrogen and oxygen atoms in total. The summed E-state index contributed by atoms with van der Waals surface area (Å²) in [5, 5.41) is 18.2. The summed E-state index contributed by atoms with van der Waals surface area (Å²) < 4.78 is 14.4. The van der Waals surface area contributed by atoms with Gasteiger partial charge in [0.25, 0.3) is 0 Å². The fraction of sp³-hybridized carbons (Fsp3) is 0. The van der Waals surface area contributed by atoms with Gasteiger partial charge in [0.2, 0.25) is 0 Å². The molecular weight excluding hydrogens is 321 g/mol. The Balaban J connectivity index is 2.64. The van der Waals surface area contributed by atoms with Crippen molar-refractivity contribution < 1.29 is 9.50 Å². The van der Waals surface area contributed by atoms with Gasteiger partial charge in [0.15, 0.2) is 5.82 Å². The summed E-state index contributed by atoms with van der Waals surface area (Å²) in [5.74, 6) is -0.703. The van der Waals surface area contributed by atoms with Crippen molar-refractivity contribution in [1.29, 1.82) is 5.26 Å². The molecule has 0 aliphatic heterocycles. The lowest BCUT2D eigenvalue weighted by Crippen LogP contribution is -1.88. The molecule has 0 saturated heterocycles. The number of rotatable bonds is 1. The first-order valence-electron chi connectivity index (χ1n) is 4.91. The molecule has 2 rings (SSSR count). The van der Waals surface area contributed by atoms with Crippen LogP contribution < -0.4 is 0 Å². The maximum Gasteiger partial charge on any atom is 0.150 e. The Kier molecular flexibility index (Phi) is 3.55. The van der Waals surface area contributed by atoms with Gasteiger partial charge in [-0.1, -0.05) is 23.7 Å². The van der Waals surface area contributed by atoms with E-state index in [-0.39, 0.29) is 21.9 Å². The van der Waals surface area contributed by atoms with Gasteiger partial charge in [-0.15, -0.1) is 0 Å². The summed E-state index contributed by atoms with van der Waals surface area (Å²) in [6.07, 6.45) is 0. The smallest absolute Gasteiger partial charge is 0.150 e. The minimum absolute atomic E-state index is 0.0147. The largest absolute Gasteiger partial charge is 0.507 e. The highest BCUT2D eigenvalue weighted by molar-refractivity contribution is 9.10. The maximum atomic E-state index is 14.0. The first-order valence-corrected chi connectivity index (χ1v) is 6.08. The molecule has 0 aliphatic carbocycles. The fourth-order valence-corrected chi connectivity index (χ4v) is 2.01. The highest BCUT2D eigenvalue weighted by atomic mass is 79.9. The van der Waals surface area contributed by atoms with E-state index < -0.39 is 5.82 Å². The van der Waals surface area contributed by atoms with Gasteiger partial charge in [-0.25, -0.2) is 4.39 Å². The summed E-state index contributed by atoms with van der Waals surface area (Å²) in [6.45, 7) is 0. The number of nitriles is 1. The molecule has 0 bridgehead atoms. The standard InChI is InChI=1S/C13H6BrClFNO/c14-10-3-2-9(13(16)12(10)15)7-1-4-11(18)8(5-7)6-17/h1-5,18H. The van der Waals surface area contributed by atoms with E-state index in [1.54, 1.807) is 12.1 Å². The van der Waals surface area contributed by atoms with Crippen molar-refractivity contribution in [1.82, 2.24) is 0 Å². The third-order valence-electron chi connectivity index (χ3n) is 2.46. The number of nitrogens with zero attached hydrogens (tertiary/aromatic N) is 1. The van der Waals surface area contributed by atoms with Crippen LogP contribution in [0, 0.1) is 17.1 Å². The van der Waals surface area contributed by atoms with Gasteiger partial charge in [0.05, 0.1) is 10.6 Å². The van der Waals surface area contributed by atoms with Crippen molar-refractivity contribution in [2.75, 3.05) is 0 Å². The lowest BCUT2D eigenvalue weighted by molar-refractivity contribution is 0.473. The Morgan fingerprint density at radius 1 is 1.28 bits per heavy atom. The van der Waals surface area contributed by atoms with Crippen molar-refractivity contribution in [3.05, 3.63) is 51.2 Å². The van der Waals surface area contributed by atoms with Gasteiger partial charge < -0.3 is 5.11 Å². The van der Waals surface area contributed by atoms with Gasteiger partial charge in [-0.3, -0.25) is 0 Å². The molecule has 0 saturated carbocycles. The van der Waals surface area contributed by atoms with Crippen LogP contribution in [0.5, 0.6) is 5.75 Å². The molecule has 0 amide bonds. The topological polar surface area (TPSA) is 44.0 Å². The maximum absolute atomic E-state index is 14.0. The summed E-state index contributed by atoms with van der Waals surface area (Å²) in [6, 6.07) is 9.31. The Bertz CT molecular complexity index is 667. The highest BCUT2D eigenvalue weighted by Gasteiger charge is 2.13. The first kappa shape index (κ1) is 12.9. The first-order chi connectivity index (χ1) is 8.54. The quantitative estimate of drug-likeness (QED) is 0.785. The summed E-state index contributed by atoms with van der Waals surface area (Å²) in [7, 11) is 0. The lowest BCUT2D eigenvalue weighted by Gasteiger charge is -2.07. The number of hydrogen-bond acceptors (Lipinski definition) is 2. The van der Waals surface area contributed by atoms with Crippen LogP contribution in [0.2, 0.25) is 5.02 Å². The van der Waals surface area contributed by atoms with E-state index in [0.717, 1.165) is 0 Å². The molecule has 90 valence electrons. The monoisotopic (exact) mass is 325 g/mol. The van der Waals surface area contributed by atoms with Crippen LogP contribution in [-0.2, 0) is 0 Å². The van der Waals surface area contributed by atoms with Gasteiger partial charge in [0, 0.05) is 10.0 Å². The second kappa shape index (κ2) is 4.97. The number of benzene rings is 2. The van der Waals surface area contributed by atoms with E-state index >= 15 is 0 Å². The molecule has 18 heavy (non-hydrogen) atoms. The third kappa shape index (κ3) is 2.20. The van der Waals surface area contributed by atoms with E-state index in [2.05, 4.69) is 15.9 Å². The average molecular weight is 327 g/mol. The van der Waals surface area contributed by atoms with Crippen LogP contribution in [0.3, 0.4) is 0 Å². The number of phenols is 1. The van der Waals surface area contributed by atoms with Crippen LogP contribution in [0.4, 0.5) is 4.39 Å². The van der Waals surface area contributed by atoms with Crippen LogP contribution in [-0.4, -0.2) is 5.11 Å². The zero-order valence-electron chi connectivity index (χ0n) is 8.92. The van der Waals surface area contributed by atoms with Gasteiger partial charge in [-0.2, -0.15) is 5.26 Å². The number of phenolic OH excluding ortho intramolecular Hbond substituents is 1. The van der Waals surface area contributed by atoms with Crippen molar-refractivity contribution in [2.45, 2.75) is 0 Å². The molecule has 0 aromatic heterocycles. The molecule has 1 N–H and O–H groups in total. The molecule has 0 spiro atoms. The Hall–Kier alpha value is -1.57. The van der Waals surface area contributed by atoms with Crippen LogP contribution in [0.25, 0.3) is 11.1 Å². The molecule has 5 heteroatoms. The second-order valence-electron chi connectivity index (χ2n) is 3.57. The van der Waals surface area contributed by atoms with Crippen LogP contribution in [0.1, 0.15) is 5.56 Å². The van der Waals surface area contributed by atoms with E-state index in [1.807, 2.05) is 6.07 Å². The highest BCUT2D eigenvalue weighted by Crippen LogP contribution is 2.34. The predicted molar refractivity (Wildman–Crippen MR) is 70.9 cm³/mol. The van der Waals surface area contributed by atoms with Gasteiger partial charge in [0.1, 0.15) is 11.8 Å². The van der Waals surface area contributed by atoms with Gasteiger partial charge >= 0.3 is 0 Å². The number of hydrogen-bond donors (Lipinski definition) is 1. The Morgan fingerprint density at radius 3 is 2.67 bits per heavy atom. The average Bonchev–Trinajstić information content (AvgIpc) is 2.37. The molecule has 0 fully saturated rings.